The second kappa shape index (κ2) is 12.3. The van der Waals surface area contributed by atoms with Crippen LogP contribution in [-0.2, 0) is 25.6 Å². The molecule has 9 nitrogen and oxygen atoms in total. The number of piperazine rings is 1. The van der Waals surface area contributed by atoms with Gasteiger partial charge in [-0.2, -0.15) is 0 Å². The quantitative estimate of drug-likeness (QED) is 0.613. The van der Waals surface area contributed by atoms with Gasteiger partial charge in [-0.25, -0.2) is 9.59 Å². The second-order valence-corrected chi connectivity index (χ2v) is 8.54. The number of hydrogen-bond donors (Lipinski definition) is 1. The molecule has 1 N–H and O–H groups in total. The second-order valence-electron chi connectivity index (χ2n) is 8.54. The van der Waals surface area contributed by atoms with Crippen molar-refractivity contribution in [1.82, 2.24) is 15.1 Å². The summed E-state index contributed by atoms with van der Waals surface area (Å²) in [5.74, 6) is -0.220. The Morgan fingerprint density at radius 1 is 1.03 bits per heavy atom. The van der Waals surface area contributed by atoms with E-state index in [-0.39, 0.29) is 12.0 Å². The Labute approximate surface area is 190 Å². The van der Waals surface area contributed by atoms with Crippen LogP contribution >= 0.6 is 0 Å². The number of nitrogens with one attached hydrogen (secondary N) is 1. The van der Waals surface area contributed by atoms with E-state index in [1.807, 2.05) is 30.3 Å². The minimum Gasteiger partial charge on any atom is -0.450 e. The molecule has 32 heavy (non-hydrogen) atoms. The molecule has 0 saturated carbocycles. The summed E-state index contributed by atoms with van der Waals surface area (Å²) in [6, 6.07) is 8.95. The molecule has 1 heterocycles. The van der Waals surface area contributed by atoms with Gasteiger partial charge >= 0.3 is 12.2 Å². The monoisotopic (exact) mass is 449 g/mol. The van der Waals surface area contributed by atoms with Crippen LogP contribution in [0.15, 0.2) is 30.3 Å². The number of rotatable bonds is 8. The van der Waals surface area contributed by atoms with E-state index in [2.05, 4.69) is 5.32 Å². The predicted molar refractivity (Wildman–Crippen MR) is 119 cm³/mol. The smallest absolute Gasteiger partial charge is 0.409 e. The molecule has 0 radical (unpaired) electrons. The summed E-state index contributed by atoms with van der Waals surface area (Å²) in [7, 11) is 0. The third-order valence-electron chi connectivity index (χ3n) is 4.77. The van der Waals surface area contributed by atoms with Crippen molar-refractivity contribution in [2.24, 2.45) is 0 Å². The zero-order chi connectivity index (χ0) is 23.6. The van der Waals surface area contributed by atoms with E-state index in [0.29, 0.717) is 52.4 Å². The van der Waals surface area contributed by atoms with Crippen LogP contribution in [0.2, 0.25) is 0 Å². The zero-order valence-electron chi connectivity index (χ0n) is 19.5. The van der Waals surface area contributed by atoms with Crippen molar-refractivity contribution in [2.75, 3.05) is 39.4 Å². The van der Waals surface area contributed by atoms with E-state index < -0.39 is 17.7 Å². The number of ether oxygens (including phenoxy) is 3. The summed E-state index contributed by atoms with van der Waals surface area (Å²) in [4.78, 5) is 40.6. The number of hydrogen-bond acceptors (Lipinski definition) is 6. The van der Waals surface area contributed by atoms with Gasteiger partial charge in [0, 0.05) is 39.2 Å². The molecule has 1 atom stereocenters. The SMILES string of the molecule is CCOC(=O)N1CCN(C(=O)[C@H](CCOCc2ccccc2)NC(=O)OC(C)(C)C)CC1. The molecule has 9 heteroatoms. The van der Waals surface area contributed by atoms with Crippen molar-refractivity contribution >= 4 is 18.1 Å². The third kappa shape index (κ3) is 8.74. The number of carbonyl (C=O) groups excluding carboxylic acids is 3. The van der Waals surface area contributed by atoms with Gasteiger partial charge in [0.2, 0.25) is 5.91 Å². The molecule has 0 aliphatic carbocycles. The van der Waals surface area contributed by atoms with E-state index >= 15 is 0 Å². The van der Waals surface area contributed by atoms with Gasteiger partial charge in [0.15, 0.2) is 0 Å². The van der Waals surface area contributed by atoms with Gasteiger partial charge < -0.3 is 29.3 Å². The number of alkyl carbamates (subject to hydrolysis) is 1. The van der Waals surface area contributed by atoms with Gasteiger partial charge in [-0.05, 0) is 33.3 Å². The lowest BCUT2D eigenvalue weighted by Gasteiger charge is -2.36. The normalized spacial score (nSPS) is 15.1. The van der Waals surface area contributed by atoms with Gasteiger partial charge in [-0.3, -0.25) is 4.79 Å². The number of carbonyl (C=O) groups is 3. The summed E-state index contributed by atoms with van der Waals surface area (Å²) < 4.78 is 16.1. The molecule has 0 aromatic heterocycles. The Kier molecular flexibility index (Phi) is 9.77. The van der Waals surface area contributed by atoms with E-state index in [9.17, 15) is 14.4 Å². The summed E-state index contributed by atoms with van der Waals surface area (Å²) in [6.45, 7) is 9.58. The maximum atomic E-state index is 13.1. The van der Waals surface area contributed by atoms with Gasteiger partial charge in [0.25, 0.3) is 0 Å². The molecule has 1 aromatic rings. The van der Waals surface area contributed by atoms with Crippen molar-refractivity contribution in [1.29, 1.82) is 0 Å². The average Bonchev–Trinajstić information content (AvgIpc) is 2.75. The van der Waals surface area contributed by atoms with E-state index in [1.165, 1.54) is 0 Å². The van der Waals surface area contributed by atoms with Crippen molar-refractivity contribution < 1.29 is 28.6 Å². The largest absolute Gasteiger partial charge is 0.450 e. The molecule has 0 spiro atoms. The maximum absolute atomic E-state index is 13.1. The van der Waals surface area contributed by atoms with Crippen LogP contribution in [0.1, 0.15) is 39.7 Å². The highest BCUT2D eigenvalue weighted by molar-refractivity contribution is 5.86. The molecular weight excluding hydrogens is 414 g/mol. The third-order valence-corrected chi connectivity index (χ3v) is 4.77. The first-order valence-corrected chi connectivity index (χ1v) is 11.0. The highest BCUT2D eigenvalue weighted by Crippen LogP contribution is 2.11. The molecule has 0 bridgehead atoms. The Bertz CT molecular complexity index is 742. The number of nitrogens with zero attached hydrogens (tertiary/aromatic N) is 2. The number of benzene rings is 1. The van der Waals surface area contributed by atoms with Gasteiger partial charge in [-0.1, -0.05) is 30.3 Å². The molecule has 0 unspecified atom stereocenters. The van der Waals surface area contributed by atoms with Crippen molar-refractivity contribution in [2.45, 2.75) is 52.4 Å². The first-order valence-electron chi connectivity index (χ1n) is 11.0. The first kappa shape index (κ1) is 25.5. The van der Waals surface area contributed by atoms with Crippen LogP contribution in [0, 0.1) is 0 Å². The summed E-state index contributed by atoms with van der Waals surface area (Å²) in [5.41, 5.74) is 0.359. The molecule has 3 amide bonds. The van der Waals surface area contributed by atoms with Gasteiger partial charge in [-0.15, -0.1) is 0 Å². The first-order chi connectivity index (χ1) is 15.2. The fourth-order valence-electron chi connectivity index (χ4n) is 3.22. The Morgan fingerprint density at radius 3 is 2.25 bits per heavy atom. The topological polar surface area (TPSA) is 97.4 Å². The Hall–Kier alpha value is -2.81. The minimum absolute atomic E-state index is 0.220. The van der Waals surface area contributed by atoms with Gasteiger partial charge in [0.05, 0.1) is 13.2 Å². The highest BCUT2D eigenvalue weighted by Gasteiger charge is 2.31. The predicted octanol–water partition coefficient (Wildman–Crippen LogP) is 2.79. The molecule has 1 aliphatic heterocycles. The summed E-state index contributed by atoms with van der Waals surface area (Å²) >= 11 is 0. The number of amides is 3. The summed E-state index contributed by atoms with van der Waals surface area (Å²) in [5, 5.41) is 2.69. The highest BCUT2D eigenvalue weighted by atomic mass is 16.6. The van der Waals surface area contributed by atoms with E-state index in [0.717, 1.165) is 5.56 Å². The van der Waals surface area contributed by atoms with Crippen LogP contribution in [0.3, 0.4) is 0 Å². The fourth-order valence-corrected chi connectivity index (χ4v) is 3.22. The van der Waals surface area contributed by atoms with Crippen molar-refractivity contribution in [3.63, 3.8) is 0 Å². The van der Waals surface area contributed by atoms with Crippen molar-refractivity contribution in [3.8, 4) is 0 Å². The molecule has 2 rings (SSSR count). The molecule has 1 fully saturated rings. The van der Waals surface area contributed by atoms with Crippen molar-refractivity contribution in [3.05, 3.63) is 35.9 Å². The van der Waals surface area contributed by atoms with E-state index in [4.69, 9.17) is 14.2 Å². The Morgan fingerprint density at radius 2 is 1.66 bits per heavy atom. The van der Waals surface area contributed by atoms with E-state index in [1.54, 1.807) is 37.5 Å². The Balaban J connectivity index is 1.92. The van der Waals surface area contributed by atoms with Crippen LogP contribution < -0.4 is 5.32 Å². The molecule has 1 aliphatic rings. The van der Waals surface area contributed by atoms with Crippen LogP contribution in [-0.4, -0.2) is 78.9 Å². The van der Waals surface area contributed by atoms with Gasteiger partial charge in [0.1, 0.15) is 11.6 Å². The summed E-state index contributed by atoms with van der Waals surface area (Å²) in [6.07, 6.45) is -0.718. The molecule has 178 valence electrons. The molecule has 1 aromatic carbocycles. The standard InChI is InChI=1S/C23H35N3O6/c1-5-31-22(29)26-14-12-25(13-15-26)20(27)19(24-21(28)32-23(2,3)4)11-16-30-17-18-9-7-6-8-10-18/h6-10,19H,5,11-17H2,1-4H3,(H,24,28)/t19-/m0/s1. The molecule has 1 saturated heterocycles. The lowest BCUT2D eigenvalue weighted by atomic mass is 10.1. The zero-order valence-corrected chi connectivity index (χ0v) is 19.5. The average molecular weight is 450 g/mol. The molecular formula is C23H35N3O6. The van der Waals surface area contributed by atoms with Crippen LogP contribution in [0.5, 0.6) is 0 Å². The fraction of sp³-hybridized carbons (Fsp3) is 0.609. The minimum atomic E-state index is -0.783. The van der Waals surface area contributed by atoms with Crippen LogP contribution in [0.4, 0.5) is 9.59 Å². The lowest BCUT2D eigenvalue weighted by Crippen LogP contribution is -2.56. The lowest BCUT2D eigenvalue weighted by molar-refractivity contribution is -0.135. The van der Waals surface area contributed by atoms with Crippen LogP contribution in [0.25, 0.3) is 0 Å². The maximum Gasteiger partial charge on any atom is 0.409 e.